The number of hydrogen-bond donors (Lipinski definition) is 1. The van der Waals surface area contributed by atoms with Gasteiger partial charge in [0.15, 0.2) is 0 Å². The summed E-state index contributed by atoms with van der Waals surface area (Å²) in [4.78, 5) is 58.3. The zero-order valence-corrected chi connectivity index (χ0v) is 25.1. The van der Waals surface area contributed by atoms with Crippen molar-refractivity contribution in [3.63, 3.8) is 0 Å². The lowest BCUT2D eigenvalue weighted by Crippen LogP contribution is -2.57. The average molecular weight is 547 g/mol. The molecular formula is C30H50N4O5. The van der Waals surface area contributed by atoms with Crippen molar-refractivity contribution >= 4 is 23.7 Å². The fourth-order valence-electron chi connectivity index (χ4n) is 5.68. The molecule has 2 saturated heterocycles. The number of piperidine rings is 1. The fraction of sp³-hybridized carbons (Fsp3) is 0.800. The number of ether oxygens (including phenoxy) is 1. The predicted molar refractivity (Wildman–Crippen MR) is 151 cm³/mol. The molecule has 3 fully saturated rings. The van der Waals surface area contributed by atoms with Crippen molar-refractivity contribution in [2.24, 2.45) is 17.8 Å². The summed E-state index contributed by atoms with van der Waals surface area (Å²) in [7, 11) is 3.70. The van der Waals surface area contributed by atoms with Crippen LogP contribution < -0.4 is 5.32 Å². The van der Waals surface area contributed by atoms with Crippen LogP contribution in [0.25, 0.3) is 0 Å². The van der Waals surface area contributed by atoms with Crippen LogP contribution in [0.15, 0.2) is 11.6 Å². The Morgan fingerprint density at radius 2 is 1.62 bits per heavy atom. The Bertz CT molecular complexity index is 928. The fourth-order valence-corrected chi connectivity index (χ4v) is 5.68. The van der Waals surface area contributed by atoms with Gasteiger partial charge in [0.2, 0.25) is 17.7 Å². The second kappa shape index (κ2) is 13.8. The Morgan fingerprint density at radius 3 is 2.21 bits per heavy atom. The van der Waals surface area contributed by atoms with Gasteiger partial charge in [-0.3, -0.25) is 19.3 Å². The molecule has 39 heavy (non-hydrogen) atoms. The van der Waals surface area contributed by atoms with E-state index in [1.807, 2.05) is 40.8 Å². The Hall–Kier alpha value is -2.42. The summed E-state index contributed by atoms with van der Waals surface area (Å²) >= 11 is 0. The molecule has 2 heterocycles. The van der Waals surface area contributed by atoms with Crippen LogP contribution in [0.1, 0.15) is 79.6 Å². The first-order valence-electron chi connectivity index (χ1n) is 14.9. The summed E-state index contributed by atoms with van der Waals surface area (Å²) in [5, 5.41) is 3.04. The average Bonchev–Trinajstić information content (AvgIpc) is 3.60. The van der Waals surface area contributed by atoms with Crippen LogP contribution in [-0.2, 0) is 23.9 Å². The molecule has 9 heteroatoms. The number of nitrogens with one attached hydrogen (secondary N) is 1. The van der Waals surface area contributed by atoms with E-state index in [2.05, 4.69) is 10.2 Å². The Balaban J connectivity index is 1.70. The molecule has 3 rings (SSSR count). The van der Waals surface area contributed by atoms with Crippen molar-refractivity contribution in [3.05, 3.63) is 11.6 Å². The number of hydrogen-bond acceptors (Lipinski definition) is 6. The largest absolute Gasteiger partial charge is 0.464 e. The molecular weight excluding hydrogens is 496 g/mol. The van der Waals surface area contributed by atoms with E-state index in [1.54, 1.807) is 23.8 Å². The van der Waals surface area contributed by atoms with Gasteiger partial charge in [0.25, 0.3) is 0 Å². The van der Waals surface area contributed by atoms with Crippen LogP contribution in [-0.4, -0.2) is 96.3 Å². The number of likely N-dealkylation sites (tertiary alicyclic amines) is 2. The van der Waals surface area contributed by atoms with Gasteiger partial charge in [-0.1, -0.05) is 40.2 Å². The summed E-state index contributed by atoms with van der Waals surface area (Å²) in [6.07, 6.45) is 8.29. The van der Waals surface area contributed by atoms with Gasteiger partial charge in [0.1, 0.15) is 12.1 Å². The smallest absolute Gasteiger partial charge is 0.328 e. The number of likely N-dealkylation sites (N-methyl/N-ethyl adjacent to an activating group) is 2. The predicted octanol–water partition coefficient (Wildman–Crippen LogP) is 2.99. The molecule has 4 atom stereocenters. The molecule has 0 aromatic rings. The minimum Gasteiger partial charge on any atom is -0.464 e. The van der Waals surface area contributed by atoms with Gasteiger partial charge in [-0.05, 0) is 76.8 Å². The topological polar surface area (TPSA) is 99.3 Å². The molecule has 0 spiro atoms. The molecule has 3 aliphatic rings. The first-order chi connectivity index (χ1) is 18.4. The van der Waals surface area contributed by atoms with Gasteiger partial charge >= 0.3 is 5.97 Å². The highest BCUT2D eigenvalue weighted by atomic mass is 16.5. The lowest BCUT2D eigenvalue weighted by molar-refractivity contribution is -0.152. The number of amides is 3. The van der Waals surface area contributed by atoms with Gasteiger partial charge in [-0.2, -0.15) is 0 Å². The number of esters is 1. The highest BCUT2D eigenvalue weighted by Crippen LogP contribution is 2.30. The maximum Gasteiger partial charge on any atom is 0.328 e. The third kappa shape index (κ3) is 8.05. The molecule has 0 aromatic heterocycles. The number of rotatable bonds is 11. The van der Waals surface area contributed by atoms with E-state index in [4.69, 9.17) is 4.74 Å². The summed E-state index contributed by atoms with van der Waals surface area (Å²) in [6, 6.07) is -1.77. The first kappa shape index (κ1) is 31.1. The molecule has 0 aromatic carbocycles. The third-order valence-electron chi connectivity index (χ3n) is 8.48. The maximum absolute atomic E-state index is 13.7. The van der Waals surface area contributed by atoms with E-state index in [0.29, 0.717) is 31.1 Å². The van der Waals surface area contributed by atoms with Crippen LogP contribution in [0.2, 0.25) is 0 Å². The molecule has 220 valence electrons. The molecule has 9 nitrogen and oxygen atoms in total. The van der Waals surface area contributed by atoms with Crippen LogP contribution in [0.4, 0.5) is 0 Å². The van der Waals surface area contributed by atoms with Gasteiger partial charge in [0, 0.05) is 19.2 Å². The van der Waals surface area contributed by atoms with Crippen LogP contribution in [0.3, 0.4) is 0 Å². The monoisotopic (exact) mass is 546 g/mol. The molecule has 2 aliphatic heterocycles. The van der Waals surface area contributed by atoms with Crippen molar-refractivity contribution < 1.29 is 23.9 Å². The Labute approximate surface area is 234 Å². The molecule has 0 radical (unpaired) electrons. The highest BCUT2D eigenvalue weighted by Gasteiger charge is 2.38. The second-order valence-corrected chi connectivity index (χ2v) is 12.5. The summed E-state index contributed by atoms with van der Waals surface area (Å²) in [5.41, 5.74) is 0.504. The molecule has 0 bridgehead atoms. The van der Waals surface area contributed by atoms with E-state index in [0.717, 1.165) is 45.1 Å². The highest BCUT2D eigenvalue weighted by molar-refractivity contribution is 5.96. The third-order valence-corrected chi connectivity index (χ3v) is 8.48. The zero-order chi connectivity index (χ0) is 28.9. The molecule has 1 saturated carbocycles. The SMILES string of the molecule is C/C(=C\[C@H](C(C)C)N(C)C(=O)[C@@H](NC(=O)[C@H]1CCCCN1C)C(C)C)C(=O)N1CCC[C@H]1C(=O)OCC1CC1. The van der Waals surface area contributed by atoms with Crippen molar-refractivity contribution in [2.75, 3.05) is 33.8 Å². The number of carbonyl (C=O) groups is 4. The molecule has 3 amide bonds. The van der Waals surface area contributed by atoms with Crippen molar-refractivity contribution in [3.8, 4) is 0 Å². The van der Waals surface area contributed by atoms with Crippen LogP contribution in [0.5, 0.6) is 0 Å². The lowest BCUT2D eigenvalue weighted by atomic mass is 9.96. The molecule has 1 N–H and O–H groups in total. The minimum atomic E-state index is -0.660. The van der Waals surface area contributed by atoms with E-state index in [9.17, 15) is 19.2 Å². The maximum atomic E-state index is 13.7. The van der Waals surface area contributed by atoms with Crippen LogP contribution in [0, 0.1) is 17.8 Å². The Kier molecular flexibility index (Phi) is 11.0. The Morgan fingerprint density at radius 1 is 0.949 bits per heavy atom. The van der Waals surface area contributed by atoms with Crippen molar-refractivity contribution in [2.45, 2.75) is 104 Å². The quantitative estimate of drug-likeness (QED) is 0.316. The van der Waals surface area contributed by atoms with E-state index in [-0.39, 0.29) is 47.6 Å². The minimum absolute atomic E-state index is 0.0348. The van der Waals surface area contributed by atoms with E-state index < -0.39 is 12.1 Å². The normalized spacial score (nSPS) is 24.0. The second-order valence-electron chi connectivity index (χ2n) is 12.5. The van der Waals surface area contributed by atoms with Crippen LogP contribution >= 0.6 is 0 Å². The lowest BCUT2D eigenvalue weighted by Gasteiger charge is -2.36. The summed E-state index contributed by atoms with van der Waals surface area (Å²) < 4.78 is 5.49. The summed E-state index contributed by atoms with van der Waals surface area (Å²) in [6.45, 7) is 11.5. The molecule has 0 unspecified atom stereocenters. The van der Waals surface area contributed by atoms with Gasteiger partial charge in [0.05, 0.1) is 18.7 Å². The van der Waals surface area contributed by atoms with Crippen molar-refractivity contribution in [1.82, 2.24) is 20.0 Å². The molecule has 1 aliphatic carbocycles. The zero-order valence-electron chi connectivity index (χ0n) is 25.1. The number of nitrogens with zero attached hydrogens (tertiary/aromatic N) is 3. The van der Waals surface area contributed by atoms with Gasteiger partial charge in [-0.15, -0.1) is 0 Å². The van der Waals surface area contributed by atoms with E-state index >= 15 is 0 Å². The van der Waals surface area contributed by atoms with Crippen molar-refractivity contribution in [1.29, 1.82) is 0 Å². The summed E-state index contributed by atoms with van der Waals surface area (Å²) in [5.74, 6) is -0.362. The van der Waals surface area contributed by atoms with Gasteiger partial charge in [-0.25, -0.2) is 4.79 Å². The standard InChI is InChI=1S/C30H50N4O5/c1-19(2)25(17-21(5)28(36)34-16-10-12-24(34)30(38)39-18-22-13-14-22)33(7)29(37)26(20(3)4)31-27(35)23-11-8-9-15-32(23)6/h17,19-20,22-26H,8-16,18H2,1-7H3,(H,31,35)/b21-17+/t23-,24+,25-,26+/m1/s1. The van der Waals surface area contributed by atoms with E-state index in [1.165, 1.54) is 0 Å². The van der Waals surface area contributed by atoms with Gasteiger partial charge < -0.3 is 19.9 Å². The number of carbonyl (C=O) groups excluding carboxylic acids is 4. The first-order valence-corrected chi connectivity index (χ1v) is 14.9.